The Morgan fingerprint density at radius 1 is 0.640 bits per heavy atom. The van der Waals surface area contributed by atoms with Crippen LogP contribution < -0.4 is 24.8 Å². The second-order valence-electron chi connectivity index (χ2n) is 6.18. The monoisotopic (exact) mass is 439 g/mol. The van der Waals surface area contributed by atoms with Gasteiger partial charge in [0.1, 0.15) is 0 Å². The molecule has 0 aliphatic carbocycles. The molecule has 0 unspecified atom stereocenters. The van der Waals surface area contributed by atoms with Crippen LogP contribution >= 0.6 is 0 Å². The van der Waals surface area contributed by atoms with Crippen LogP contribution in [0.15, 0.2) is 0 Å². The Balaban J connectivity index is -0.00000161. The second kappa shape index (κ2) is 18.7. The van der Waals surface area contributed by atoms with E-state index in [1.807, 2.05) is 0 Å². The van der Waals surface area contributed by atoms with Crippen molar-refractivity contribution in [1.29, 1.82) is 10.5 Å². The fourth-order valence-electron chi connectivity index (χ4n) is 2.72. The summed E-state index contributed by atoms with van der Waals surface area (Å²) >= 11 is 0. The van der Waals surface area contributed by atoms with Crippen molar-refractivity contribution in [2.24, 2.45) is 0 Å². The van der Waals surface area contributed by atoms with Crippen molar-refractivity contribution in [3.63, 3.8) is 0 Å². The SMILES string of the molecule is CN1CCCN(CC#N)CCN(C)CCCN(CC#N)CC1.[Cl-].[Cl-].[Cu+2]. The molecular weight excluding hydrogens is 411 g/mol. The summed E-state index contributed by atoms with van der Waals surface area (Å²) in [5.41, 5.74) is 0. The van der Waals surface area contributed by atoms with Crippen LogP contribution in [0.1, 0.15) is 12.8 Å². The fourth-order valence-corrected chi connectivity index (χ4v) is 2.72. The van der Waals surface area contributed by atoms with E-state index in [1.165, 1.54) is 0 Å². The van der Waals surface area contributed by atoms with Gasteiger partial charge in [-0.1, -0.05) is 0 Å². The van der Waals surface area contributed by atoms with Gasteiger partial charge in [0, 0.05) is 39.3 Å². The molecule has 0 saturated carbocycles. The smallest absolute Gasteiger partial charge is 1.00 e. The van der Waals surface area contributed by atoms with Crippen LogP contribution in [0.5, 0.6) is 0 Å². The summed E-state index contributed by atoms with van der Waals surface area (Å²) in [6.07, 6.45) is 2.17. The van der Waals surface area contributed by atoms with Gasteiger partial charge in [-0.3, -0.25) is 9.80 Å². The molecule has 25 heavy (non-hydrogen) atoms. The quantitative estimate of drug-likeness (QED) is 0.315. The zero-order valence-corrected chi connectivity index (χ0v) is 17.7. The van der Waals surface area contributed by atoms with E-state index in [4.69, 9.17) is 10.5 Å². The van der Waals surface area contributed by atoms with Gasteiger partial charge in [0.25, 0.3) is 0 Å². The Morgan fingerprint density at radius 2 is 1.00 bits per heavy atom. The number of rotatable bonds is 2. The zero-order valence-electron chi connectivity index (χ0n) is 15.2. The molecule has 1 fully saturated rings. The van der Waals surface area contributed by atoms with Crippen LogP contribution in [0.3, 0.4) is 0 Å². The third-order valence-corrected chi connectivity index (χ3v) is 4.21. The number of likely N-dealkylation sites (N-methyl/N-ethyl adjacent to an activating group) is 2. The summed E-state index contributed by atoms with van der Waals surface area (Å²) < 4.78 is 0. The third-order valence-electron chi connectivity index (χ3n) is 4.21. The second-order valence-corrected chi connectivity index (χ2v) is 6.18. The van der Waals surface area contributed by atoms with Gasteiger partial charge in [0.15, 0.2) is 0 Å². The number of nitrogens with zero attached hydrogens (tertiary/aromatic N) is 6. The minimum Gasteiger partial charge on any atom is -1.00 e. The van der Waals surface area contributed by atoms with Gasteiger partial charge in [0.05, 0.1) is 25.2 Å². The van der Waals surface area contributed by atoms with E-state index in [0.29, 0.717) is 13.1 Å². The number of hydrogen-bond donors (Lipinski definition) is 0. The molecule has 1 heterocycles. The molecule has 0 bridgehead atoms. The van der Waals surface area contributed by atoms with Crippen LogP contribution in [-0.2, 0) is 17.1 Å². The maximum absolute atomic E-state index is 8.94. The van der Waals surface area contributed by atoms with E-state index in [9.17, 15) is 0 Å². The Bertz CT molecular complexity index is 352. The summed E-state index contributed by atoms with van der Waals surface area (Å²) in [7, 11) is 4.28. The molecule has 149 valence electrons. The van der Waals surface area contributed by atoms with Crippen LogP contribution in [0, 0.1) is 22.7 Å². The molecule has 1 aliphatic heterocycles. The van der Waals surface area contributed by atoms with Crippen molar-refractivity contribution in [2.45, 2.75) is 12.8 Å². The fraction of sp³-hybridized carbons (Fsp3) is 0.875. The minimum atomic E-state index is 0. The largest absolute Gasteiger partial charge is 2.00 e. The first-order chi connectivity index (χ1) is 10.7. The van der Waals surface area contributed by atoms with Gasteiger partial charge in [-0.2, -0.15) is 10.5 Å². The van der Waals surface area contributed by atoms with Crippen molar-refractivity contribution in [3.8, 4) is 12.1 Å². The molecule has 1 aliphatic rings. The van der Waals surface area contributed by atoms with Crippen molar-refractivity contribution in [1.82, 2.24) is 19.6 Å². The van der Waals surface area contributed by atoms with Crippen molar-refractivity contribution >= 4 is 0 Å². The van der Waals surface area contributed by atoms with Crippen molar-refractivity contribution < 1.29 is 41.9 Å². The van der Waals surface area contributed by atoms with Crippen molar-refractivity contribution in [3.05, 3.63) is 0 Å². The molecule has 0 aromatic carbocycles. The third kappa shape index (κ3) is 14.7. The molecule has 0 aromatic rings. The molecule has 1 saturated heterocycles. The molecule has 6 nitrogen and oxygen atoms in total. The van der Waals surface area contributed by atoms with E-state index in [1.54, 1.807) is 0 Å². The molecule has 9 heteroatoms. The van der Waals surface area contributed by atoms with Gasteiger partial charge in [-0.15, -0.1) is 0 Å². The summed E-state index contributed by atoms with van der Waals surface area (Å²) in [4.78, 5) is 9.15. The first kappa shape index (κ1) is 29.7. The maximum Gasteiger partial charge on any atom is 2.00 e. The molecule has 1 radical (unpaired) electrons. The Labute approximate surface area is 176 Å². The number of hydrogen-bond acceptors (Lipinski definition) is 6. The summed E-state index contributed by atoms with van der Waals surface area (Å²) in [6.45, 7) is 8.98. The van der Waals surface area contributed by atoms with Crippen LogP contribution in [0.2, 0.25) is 0 Å². The van der Waals surface area contributed by atoms with Gasteiger partial charge in [-0.05, 0) is 40.0 Å². The van der Waals surface area contributed by atoms with E-state index in [2.05, 4.69) is 45.8 Å². The molecular formula is C16H30Cl2CuN6. The molecule has 0 N–H and O–H groups in total. The number of halogens is 2. The van der Waals surface area contributed by atoms with Crippen LogP contribution in [-0.4, -0.2) is 99.1 Å². The van der Waals surface area contributed by atoms with Gasteiger partial charge >= 0.3 is 17.1 Å². The molecule has 0 aromatic heterocycles. The van der Waals surface area contributed by atoms with Crippen molar-refractivity contribution in [2.75, 3.05) is 79.5 Å². The predicted molar refractivity (Wildman–Crippen MR) is 88.3 cm³/mol. The number of nitriles is 2. The predicted octanol–water partition coefficient (Wildman–Crippen LogP) is -5.70. The van der Waals surface area contributed by atoms with Crippen LogP contribution in [0.4, 0.5) is 0 Å². The summed E-state index contributed by atoms with van der Waals surface area (Å²) in [5, 5.41) is 17.9. The van der Waals surface area contributed by atoms with Crippen LogP contribution in [0.25, 0.3) is 0 Å². The first-order valence-electron chi connectivity index (χ1n) is 8.21. The van der Waals surface area contributed by atoms with E-state index >= 15 is 0 Å². The molecule has 0 amide bonds. The maximum atomic E-state index is 8.94. The van der Waals surface area contributed by atoms with E-state index < -0.39 is 0 Å². The van der Waals surface area contributed by atoms with E-state index in [-0.39, 0.29) is 41.9 Å². The normalized spacial score (nSPS) is 19.8. The van der Waals surface area contributed by atoms with Gasteiger partial charge in [0.2, 0.25) is 0 Å². The average molecular weight is 441 g/mol. The molecule has 0 atom stereocenters. The van der Waals surface area contributed by atoms with E-state index in [0.717, 1.165) is 65.2 Å². The zero-order chi connectivity index (χ0) is 16.2. The van der Waals surface area contributed by atoms with Gasteiger partial charge < -0.3 is 34.6 Å². The minimum absolute atomic E-state index is 0. The topological polar surface area (TPSA) is 60.5 Å². The Hall–Kier alpha value is -0.0805. The standard InChI is InChI=1S/C16H30N6.2ClH.Cu/c1-19-7-3-9-22(12-6-18)16-14-20(2)8-4-10-21(11-5-17)15-13-19;;;/h3-4,7-16H2,1-2H3;2*1H;/q;;;+2/p-2. The molecule has 1 rings (SSSR count). The Kier molecular flexibility index (Phi) is 22.2. The summed E-state index contributed by atoms with van der Waals surface area (Å²) in [6, 6.07) is 4.55. The first-order valence-corrected chi connectivity index (χ1v) is 8.21. The summed E-state index contributed by atoms with van der Waals surface area (Å²) in [5.74, 6) is 0. The Morgan fingerprint density at radius 3 is 1.32 bits per heavy atom. The molecule has 0 spiro atoms. The average Bonchev–Trinajstić information content (AvgIpc) is 2.49. The van der Waals surface area contributed by atoms with Gasteiger partial charge in [-0.25, -0.2) is 0 Å².